The van der Waals surface area contributed by atoms with E-state index in [1.165, 1.54) is 32.1 Å². The number of unbranched alkanes of at least 4 members (excludes halogenated alkanes) is 6. The minimum atomic E-state index is 0.00174. The molecule has 0 aliphatic carbocycles. The van der Waals surface area contributed by atoms with E-state index in [1.54, 1.807) is 4.68 Å². The van der Waals surface area contributed by atoms with E-state index < -0.39 is 0 Å². The van der Waals surface area contributed by atoms with E-state index in [4.69, 9.17) is 5.10 Å². The number of nitrogens with zero attached hydrogens (tertiary/aromatic N) is 6. The van der Waals surface area contributed by atoms with E-state index in [2.05, 4.69) is 70.9 Å². The average molecular weight is 488 g/mol. The summed E-state index contributed by atoms with van der Waals surface area (Å²) >= 11 is 0. The van der Waals surface area contributed by atoms with Crippen molar-refractivity contribution < 1.29 is 0 Å². The molecule has 0 aliphatic heterocycles. The summed E-state index contributed by atoms with van der Waals surface area (Å²) in [5.74, 6) is 1.55. The van der Waals surface area contributed by atoms with Crippen molar-refractivity contribution in [3.8, 4) is 22.5 Å². The first kappa shape index (κ1) is 25.5. The summed E-state index contributed by atoms with van der Waals surface area (Å²) in [7, 11) is 0. The first-order chi connectivity index (χ1) is 17.7. The Kier molecular flexibility index (Phi) is 9.19. The quantitative estimate of drug-likeness (QED) is 0.232. The molecule has 190 valence electrons. The molecule has 8 heteroatoms. The van der Waals surface area contributed by atoms with E-state index >= 15 is 0 Å². The number of rotatable bonds is 14. The molecule has 2 aromatic heterocycles. The lowest BCUT2D eigenvalue weighted by Gasteiger charge is -2.08. The van der Waals surface area contributed by atoms with Gasteiger partial charge in [0.1, 0.15) is 5.82 Å². The lowest BCUT2D eigenvalue weighted by atomic mass is 10.0. The van der Waals surface area contributed by atoms with Crippen molar-refractivity contribution in [1.29, 1.82) is 0 Å². The highest BCUT2D eigenvalue weighted by atomic mass is 16.2. The molecular weight excluding hydrogens is 450 g/mol. The predicted molar refractivity (Wildman–Crippen MR) is 143 cm³/mol. The average Bonchev–Trinajstić information content (AvgIpc) is 3.55. The van der Waals surface area contributed by atoms with Gasteiger partial charge in [0.15, 0.2) is 5.82 Å². The van der Waals surface area contributed by atoms with Gasteiger partial charge in [-0.3, -0.25) is 4.57 Å². The molecule has 0 aliphatic rings. The fourth-order valence-electron chi connectivity index (χ4n) is 4.46. The maximum absolute atomic E-state index is 13.2. The fourth-order valence-corrected chi connectivity index (χ4v) is 4.46. The number of benzene rings is 2. The number of aromatic amines is 1. The zero-order valence-electron chi connectivity index (χ0n) is 21.5. The molecule has 4 aromatic rings. The third-order valence-corrected chi connectivity index (χ3v) is 6.59. The summed E-state index contributed by atoms with van der Waals surface area (Å²) < 4.78 is 3.53. The Morgan fingerprint density at radius 3 is 2.33 bits per heavy atom. The topological polar surface area (TPSA) is 94.3 Å². The highest BCUT2D eigenvalue weighted by Crippen LogP contribution is 2.24. The zero-order chi connectivity index (χ0) is 25.2. The molecule has 1 N–H and O–H groups in total. The van der Waals surface area contributed by atoms with Crippen LogP contribution in [-0.4, -0.2) is 35.0 Å². The highest BCUT2D eigenvalue weighted by molar-refractivity contribution is 5.70. The largest absolute Gasteiger partial charge is 0.346 e. The maximum Gasteiger partial charge on any atom is 0.346 e. The van der Waals surface area contributed by atoms with Crippen molar-refractivity contribution in [3.05, 3.63) is 70.4 Å². The van der Waals surface area contributed by atoms with Gasteiger partial charge in [0, 0.05) is 18.5 Å². The monoisotopic (exact) mass is 487 g/mol. The van der Waals surface area contributed by atoms with Crippen LogP contribution in [0, 0.1) is 0 Å². The van der Waals surface area contributed by atoms with Crippen molar-refractivity contribution in [1.82, 2.24) is 35.0 Å². The minimum Gasteiger partial charge on any atom is -0.274 e. The molecule has 0 amide bonds. The van der Waals surface area contributed by atoms with Crippen LogP contribution in [0.25, 0.3) is 22.5 Å². The van der Waals surface area contributed by atoms with Crippen molar-refractivity contribution in [2.75, 3.05) is 0 Å². The Bertz CT molecular complexity index is 1260. The van der Waals surface area contributed by atoms with Crippen molar-refractivity contribution in [2.45, 2.75) is 84.7 Å². The minimum absolute atomic E-state index is 0.00174. The number of H-pyrrole nitrogens is 1. The predicted octanol–water partition coefficient (Wildman–Crippen LogP) is 5.64. The van der Waals surface area contributed by atoms with Gasteiger partial charge in [0.2, 0.25) is 0 Å². The van der Waals surface area contributed by atoms with Crippen LogP contribution in [0.15, 0.2) is 53.3 Å². The van der Waals surface area contributed by atoms with Gasteiger partial charge in [-0.15, -0.1) is 5.10 Å². The van der Waals surface area contributed by atoms with Crippen LogP contribution < -0.4 is 5.69 Å². The first-order valence-corrected chi connectivity index (χ1v) is 13.3. The Morgan fingerprint density at radius 2 is 1.58 bits per heavy atom. The normalized spacial score (nSPS) is 11.3. The van der Waals surface area contributed by atoms with E-state index in [1.807, 2.05) is 16.7 Å². The first-order valence-electron chi connectivity index (χ1n) is 13.3. The Morgan fingerprint density at radius 1 is 0.833 bits per heavy atom. The van der Waals surface area contributed by atoms with E-state index in [0.29, 0.717) is 18.9 Å². The molecule has 0 saturated heterocycles. The number of hydrogen-bond donors (Lipinski definition) is 1. The third kappa shape index (κ3) is 6.56. The molecule has 4 rings (SSSR count). The van der Waals surface area contributed by atoms with Crippen LogP contribution in [0.1, 0.15) is 76.6 Å². The van der Waals surface area contributed by atoms with Crippen molar-refractivity contribution in [3.63, 3.8) is 0 Å². The van der Waals surface area contributed by atoms with E-state index in [9.17, 15) is 4.79 Å². The number of aryl methyl sites for hydroxylation is 2. The molecular formula is C28H37N7O. The van der Waals surface area contributed by atoms with Gasteiger partial charge in [-0.2, -0.15) is 5.10 Å². The fraction of sp³-hybridized carbons (Fsp3) is 0.464. The molecule has 0 atom stereocenters. The second-order valence-electron chi connectivity index (χ2n) is 9.41. The SMILES string of the molecule is CCCCCCCCc1nn(CCCC)c(=O)n1Cc1ccc(-c2cccc(-c3nnn[nH]3)c2)cc1. The Hall–Kier alpha value is -3.55. The smallest absolute Gasteiger partial charge is 0.274 e. The molecule has 2 heterocycles. The lowest BCUT2D eigenvalue weighted by Crippen LogP contribution is -2.26. The van der Waals surface area contributed by atoms with E-state index in [0.717, 1.165) is 53.8 Å². The van der Waals surface area contributed by atoms with Crippen molar-refractivity contribution >= 4 is 0 Å². The van der Waals surface area contributed by atoms with Gasteiger partial charge in [-0.1, -0.05) is 94.8 Å². The second-order valence-corrected chi connectivity index (χ2v) is 9.41. The van der Waals surface area contributed by atoms with Crippen LogP contribution >= 0.6 is 0 Å². The number of tetrazole rings is 1. The summed E-state index contributed by atoms with van der Waals surface area (Å²) in [5, 5.41) is 18.9. The molecule has 0 fully saturated rings. The molecule has 0 radical (unpaired) electrons. The highest BCUT2D eigenvalue weighted by Gasteiger charge is 2.14. The second kappa shape index (κ2) is 13.0. The summed E-state index contributed by atoms with van der Waals surface area (Å²) in [4.78, 5) is 13.2. The summed E-state index contributed by atoms with van der Waals surface area (Å²) in [6, 6.07) is 16.5. The summed E-state index contributed by atoms with van der Waals surface area (Å²) in [5.41, 5.74) is 4.22. The Labute approximate surface area is 212 Å². The van der Waals surface area contributed by atoms with Gasteiger partial charge in [-0.25, -0.2) is 14.6 Å². The number of nitrogens with one attached hydrogen (secondary N) is 1. The molecule has 36 heavy (non-hydrogen) atoms. The standard InChI is InChI=1S/C28H37N7O/c1-3-5-7-8-9-10-14-26-31-35(19-6-4-2)28(36)34(26)21-22-15-17-23(18-16-22)24-12-11-13-25(20-24)27-29-32-33-30-27/h11-13,15-18,20H,3-10,14,19,21H2,1-2H3,(H,29,30,32,33). The molecule has 8 nitrogen and oxygen atoms in total. The molecule has 0 saturated carbocycles. The molecule has 0 unspecified atom stereocenters. The molecule has 0 bridgehead atoms. The maximum atomic E-state index is 13.2. The molecule has 0 spiro atoms. The van der Waals surface area contributed by atoms with Gasteiger partial charge in [0.25, 0.3) is 0 Å². The molecule has 2 aromatic carbocycles. The van der Waals surface area contributed by atoms with Crippen molar-refractivity contribution in [2.24, 2.45) is 0 Å². The number of aromatic nitrogens is 7. The Balaban J connectivity index is 1.48. The van der Waals surface area contributed by atoms with Crippen LogP contribution in [0.2, 0.25) is 0 Å². The van der Waals surface area contributed by atoms with Crippen LogP contribution in [-0.2, 0) is 19.5 Å². The number of hydrogen-bond acceptors (Lipinski definition) is 5. The van der Waals surface area contributed by atoms with Gasteiger partial charge < -0.3 is 0 Å². The van der Waals surface area contributed by atoms with E-state index in [-0.39, 0.29) is 5.69 Å². The van der Waals surface area contributed by atoms with Crippen LogP contribution in [0.3, 0.4) is 0 Å². The lowest BCUT2D eigenvalue weighted by molar-refractivity contribution is 0.543. The zero-order valence-corrected chi connectivity index (χ0v) is 21.5. The summed E-state index contributed by atoms with van der Waals surface area (Å²) in [6.07, 6.45) is 10.2. The van der Waals surface area contributed by atoms with Gasteiger partial charge in [0.05, 0.1) is 6.54 Å². The van der Waals surface area contributed by atoms with Gasteiger partial charge >= 0.3 is 5.69 Å². The van der Waals surface area contributed by atoms with Gasteiger partial charge in [-0.05, 0) is 46.0 Å². The summed E-state index contributed by atoms with van der Waals surface area (Å²) in [6.45, 7) is 5.60. The van der Waals surface area contributed by atoms with Crippen LogP contribution in [0.5, 0.6) is 0 Å². The third-order valence-electron chi connectivity index (χ3n) is 6.59. The van der Waals surface area contributed by atoms with Crippen LogP contribution in [0.4, 0.5) is 0 Å².